The Morgan fingerprint density at radius 2 is 2.03 bits per heavy atom. The highest BCUT2D eigenvalue weighted by Crippen LogP contribution is 2.25. The van der Waals surface area contributed by atoms with Gasteiger partial charge in [-0.25, -0.2) is 9.18 Å². The minimum atomic E-state index is -0.842. The van der Waals surface area contributed by atoms with Crippen molar-refractivity contribution in [1.29, 1.82) is 0 Å². The summed E-state index contributed by atoms with van der Waals surface area (Å²) in [7, 11) is 0. The third kappa shape index (κ3) is 5.08. The Balaban J connectivity index is 1.82. The van der Waals surface area contributed by atoms with Crippen LogP contribution in [-0.2, 0) is 9.59 Å². The molecular formula is C21H23FN5O4. The van der Waals surface area contributed by atoms with Crippen molar-refractivity contribution in [3.63, 3.8) is 0 Å². The first-order valence-corrected chi connectivity index (χ1v) is 9.68. The molecule has 0 aliphatic carbocycles. The molecule has 0 spiro atoms. The number of rotatable bonds is 6. The average molecular weight is 428 g/mol. The molecule has 1 fully saturated rings. The maximum Gasteiger partial charge on any atom is 0.315 e. The number of likely N-dealkylation sites (tertiary alicyclic amines) is 1. The summed E-state index contributed by atoms with van der Waals surface area (Å²) in [6, 6.07) is 7.33. The summed E-state index contributed by atoms with van der Waals surface area (Å²) in [4.78, 5) is 49.3. The highest BCUT2D eigenvalue weighted by molar-refractivity contribution is 5.94. The minimum absolute atomic E-state index is 0.0391. The summed E-state index contributed by atoms with van der Waals surface area (Å²) in [6.07, 6.45) is 3.74. The van der Waals surface area contributed by atoms with Crippen molar-refractivity contribution in [2.24, 2.45) is 11.7 Å². The number of nitrogens with one attached hydrogen (secondary N) is 2. The Bertz CT molecular complexity index is 1050. The van der Waals surface area contributed by atoms with Gasteiger partial charge in [0, 0.05) is 44.4 Å². The molecule has 0 bridgehead atoms. The number of urea groups is 1. The Hall–Kier alpha value is -3.69. The van der Waals surface area contributed by atoms with E-state index in [9.17, 15) is 23.6 Å². The van der Waals surface area contributed by atoms with Crippen LogP contribution in [0.15, 0.2) is 47.4 Å². The molecule has 1 radical (unpaired) electrons. The summed E-state index contributed by atoms with van der Waals surface area (Å²) >= 11 is 0. The number of benzene rings is 1. The fourth-order valence-electron chi connectivity index (χ4n) is 3.56. The number of halogens is 1. The molecule has 1 aliphatic rings. The van der Waals surface area contributed by atoms with Gasteiger partial charge in [-0.1, -0.05) is 6.07 Å². The number of hydrogen-bond acceptors (Lipinski definition) is 4. The summed E-state index contributed by atoms with van der Waals surface area (Å²) < 4.78 is 16.0. The number of amides is 4. The SMILES string of the molecule is CC(=O)NCC(C(=O)Nc1ccc(-n2ccccc2=O)cc1F)[C@@H]1C[CH]CN1C(N)=O. The zero-order valence-electron chi connectivity index (χ0n) is 16.9. The molecule has 1 aromatic carbocycles. The summed E-state index contributed by atoms with van der Waals surface area (Å²) in [5.41, 5.74) is 5.30. The van der Waals surface area contributed by atoms with Gasteiger partial charge in [-0.05, 0) is 31.0 Å². The van der Waals surface area contributed by atoms with Gasteiger partial charge in [-0.2, -0.15) is 0 Å². The molecule has 4 N–H and O–H groups in total. The van der Waals surface area contributed by atoms with E-state index in [0.717, 1.165) is 6.07 Å². The van der Waals surface area contributed by atoms with E-state index in [1.165, 1.54) is 40.8 Å². The molecule has 0 saturated carbocycles. The summed E-state index contributed by atoms with van der Waals surface area (Å²) in [5.74, 6) is -2.48. The highest BCUT2D eigenvalue weighted by Gasteiger charge is 2.38. The number of pyridine rings is 1. The predicted octanol–water partition coefficient (Wildman–Crippen LogP) is 1.02. The topological polar surface area (TPSA) is 127 Å². The van der Waals surface area contributed by atoms with E-state index in [1.54, 1.807) is 12.1 Å². The lowest BCUT2D eigenvalue weighted by atomic mass is 9.96. The quantitative estimate of drug-likeness (QED) is 0.635. The number of primary amides is 1. The van der Waals surface area contributed by atoms with E-state index in [0.29, 0.717) is 18.7 Å². The van der Waals surface area contributed by atoms with Gasteiger partial charge < -0.3 is 21.3 Å². The molecule has 10 heteroatoms. The molecule has 1 saturated heterocycles. The maximum absolute atomic E-state index is 14.7. The molecule has 1 aliphatic heterocycles. The molecule has 4 amide bonds. The van der Waals surface area contributed by atoms with Gasteiger partial charge in [0.05, 0.1) is 17.3 Å². The van der Waals surface area contributed by atoms with Crippen LogP contribution in [-0.4, -0.2) is 46.4 Å². The molecule has 9 nitrogen and oxygen atoms in total. The van der Waals surface area contributed by atoms with Crippen molar-refractivity contribution in [2.75, 3.05) is 18.4 Å². The van der Waals surface area contributed by atoms with Crippen molar-refractivity contribution in [2.45, 2.75) is 19.4 Å². The van der Waals surface area contributed by atoms with Crippen molar-refractivity contribution >= 4 is 23.5 Å². The molecule has 2 atom stereocenters. The highest BCUT2D eigenvalue weighted by atomic mass is 19.1. The monoisotopic (exact) mass is 428 g/mol. The smallest absolute Gasteiger partial charge is 0.315 e. The molecule has 2 heterocycles. The molecule has 31 heavy (non-hydrogen) atoms. The third-order valence-electron chi connectivity index (χ3n) is 5.10. The van der Waals surface area contributed by atoms with Crippen LogP contribution >= 0.6 is 0 Å². The standard InChI is InChI=1S/C21H23FN5O4/c1-13(28)24-12-15(18-5-4-10-27(18)21(23)31)20(30)25-17-8-7-14(11-16(17)22)26-9-3-2-6-19(26)29/h2-4,6-9,11,15,18H,5,10,12H2,1H3,(H2,23,31)(H,24,28)(H,25,30)/t15?,18-/m0/s1. The van der Waals surface area contributed by atoms with Crippen molar-refractivity contribution < 1.29 is 18.8 Å². The van der Waals surface area contributed by atoms with E-state index in [2.05, 4.69) is 10.6 Å². The fourth-order valence-corrected chi connectivity index (χ4v) is 3.56. The van der Waals surface area contributed by atoms with Gasteiger partial charge >= 0.3 is 6.03 Å². The summed E-state index contributed by atoms with van der Waals surface area (Å²) in [5, 5.41) is 5.09. The van der Waals surface area contributed by atoms with E-state index in [4.69, 9.17) is 5.73 Å². The molecule has 163 valence electrons. The normalized spacial score (nSPS) is 16.6. The second kappa shape index (κ2) is 9.41. The lowest BCUT2D eigenvalue weighted by Gasteiger charge is -2.30. The largest absolute Gasteiger partial charge is 0.355 e. The zero-order chi connectivity index (χ0) is 22.5. The van der Waals surface area contributed by atoms with E-state index < -0.39 is 29.7 Å². The number of carbonyl (C=O) groups is 3. The van der Waals surface area contributed by atoms with E-state index >= 15 is 0 Å². The van der Waals surface area contributed by atoms with Gasteiger partial charge in [0.2, 0.25) is 11.8 Å². The molecule has 2 aromatic rings. The molecule has 1 unspecified atom stereocenters. The second-order valence-electron chi connectivity index (χ2n) is 7.19. The second-order valence-corrected chi connectivity index (χ2v) is 7.19. The first-order valence-electron chi connectivity index (χ1n) is 9.68. The number of anilines is 1. The minimum Gasteiger partial charge on any atom is -0.355 e. The Labute approximate surface area is 178 Å². The Morgan fingerprint density at radius 1 is 1.26 bits per heavy atom. The van der Waals surface area contributed by atoms with E-state index in [1.807, 2.05) is 6.42 Å². The predicted molar refractivity (Wildman–Crippen MR) is 112 cm³/mol. The van der Waals surface area contributed by atoms with Crippen LogP contribution in [0, 0.1) is 18.2 Å². The van der Waals surface area contributed by atoms with Gasteiger partial charge in [0.25, 0.3) is 5.56 Å². The van der Waals surface area contributed by atoms with Crippen LogP contribution in [0.1, 0.15) is 13.3 Å². The van der Waals surface area contributed by atoms with Gasteiger partial charge in [0.15, 0.2) is 0 Å². The van der Waals surface area contributed by atoms with E-state index in [-0.39, 0.29) is 23.7 Å². The number of nitrogens with two attached hydrogens (primary N) is 1. The van der Waals surface area contributed by atoms with Crippen LogP contribution in [0.25, 0.3) is 5.69 Å². The zero-order valence-corrected chi connectivity index (χ0v) is 16.9. The summed E-state index contributed by atoms with van der Waals surface area (Å²) in [6.45, 7) is 1.56. The number of carbonyl (C=O) groups excluding carboxylic acids is 3. The molecular weight excluding hydrogens is 405 g/mol. The van der Waals surface area contributed by atoms with Gasteiger partial charge in [-0.3, -0.25) is 19.0 Å². The first-order chi connectivity index (χ1) is 14.8. The van der Waals surface area contributed by atoms with Gasteiger partial charge in [0.1, 0.15) is 5.82 Å². The van der Waals surface area contributed by atoms with Crippen molar-refractivity contribution in [3.05, 3.63) is 65.2 Å². The number of aromatic nitrogens is 1. The van der Waals surface area contributed by atoms with Crippen LogP contribution < -0.4 is 21.9 Å². The first kappa shape index (κ1) is 22.0. The Kier molecular flexibility index (Phi) is 6.68. The lowest BCUT2D eigenvalue weighted by molar-refractivity contribution is -0.122. The lowest BCUT2D eigenvalue weighted by Crippen LogP contribution is -2.50. The van der Waals surface area contributed by atoms with Crippen molar-refractivity contribution in [1.82, 2.24) is 14.8 Å². The number of nitrogens with zero attached hydrogens (tertiary/aromatic N) is 2. The molecule has 3 rings (SSSR count). The fraction of sp³-hybridized carbons (Fsp3) is 0.286. The third-order valence-corrected chi connectivity index (χ3v) is 5.10. The van der Waals surface area contributed by atoms with Crippen molar-refractivity contribution in [3.8, 4) is 5.69 Å². The molecule has 1 aromatic heterocycles. The van der Waals surface area contributed by atoms with Crippen LogP contribution in [0.3, 0.4) is 0 Å². The Morgan fingerprint density at radius 3 is 2.68 bits per heavy atom. The van der Waals surface area contributed by atoms with Crippen LogP contribution in [0.5, 0.6) is 0 Å². The van der Waals surface area contributed by atoms with Crippen LogP contribution in [0.2, 0.25) is 0 Å². The maximum atomic E-state index is 14.7. The van der Waals surface area contributed by atoms with Crippen LogP contribution in [0.4, 0.5) is 14.9 Å². The number of hydrogen-bond donors (Lipinski definition) is 3. The van der Waals surface area contributed by atoms with Gasteiger partial charge in [-0.15, -0.1) is 0 Å². The average Bonchev–Trinajstić information content (AvgIpc) is 3.20.